The van der Waals surface area contributed by atoms with E-state index in [4.69, 9.17) is 6.42 Å². The summed E-state index contributed by atoms with van der Waals surface area (Å²) in [4.78, 5) is 2.49. The summed E-state index contributed by atoms with van der Waals surface area (Å²) in [6, 6.07) is 11.1. The van der Waals surface area contributed by atoms with Crippen LogP contribution in [0.2, 0.25) is 0 Å². The zero-order valence-corrected chi connectivity index (χ0v) is 11.3. The molecular formula is C16H22N2. The van der Waals surface area contributed by atoms with Crippen molar-refractivity contribution >= 4 is 0 Å². The van der Waals surface area contributed by atoms with Crippen molar-refractivity contribution in [3.8, 4) is 12.3 Å². The van der Waals surface area contributed by atoms with Crippen LogP contribution in [0.4, 0.5) is 0 Å². The van der Waals surface area contributed by atoms with Gasteiger partial charge in [0, 0.05) is 25.7 Å². The molecule has 1 aromatic rings. The van der Waals surface area contributed by atoms with Crippen LogP contribution in [0, 0.1) is 12.3 Å². The van der Waals surface area contributed by atoms with E-state index in [1.807, 2.05) is 0 Å². The molecule has 1 unspecified atom stereocenters. The van der Waals surface area contributed by atoms with Gasteiger partial charge >= 0.3 is 0 Å². The first kappa shape index (κ1) is 13.1. The van der Waals surface area contributed by atoms with Crippen LogP contribution >= 0.6 is 0 Å². The van der Waals surface area contributed by atoms with E-state index < -0.39 is 0 Å². The monoisotopic (exact) mass is 242 g/mol. The van der Waals surface area contributed by atoms with Crippen molar-refractivity contribution < 1.29 is 0 Å². The van der Waals surface area contributed by atoms with E-state index in [2.05, 4.69) is 60.3 Å². The number of nitrogens with one attached hydrogen (secondary N) is 1. The van der Waals surface area contributed by atoms with Gasteiger partial charge in [0.05, 0.1) is 5.54 Å². The smallest absolute Gasteiger partial charge is 0.0743 e. The molecule has 96 valence electrons. The van der Waals surface area contributed by atoms with Crippen molar-refractivity contribution in [2.45, 2.75) is 38.4 Å². The molecule has 1 saturated heterocycles. The lowest BCUT2D eigenvalue weighted by Gasteiger charge is -2.25. The topological polar surface area (TPSA) is 15.3 Å². The predicted molar refractivity (Wildman–Crippen MR) is 76.2 cm³/mol. The summed E-state index contributed by atoms with van der Waals surface area (Å²) >= 11 is 0. The first-order valence-electron chi connectivity index (χ1n) is 6.61. The second kappa shape index (κ2) is 5.56. The van der Waals surface area contributed by atoms with Gasteiger partial charge in [-0.3, -0.25) is 10.2 Å². The zero-order valence-electron chi connectivity index (χ0n) is 11.3. The third kappa shape index (κ3) is 3.60. The Bertz CT molecular complexity index is 416. The number of benzene rings is 1. The molecule has 1 N–H and O–H groups in total. The van der Waals surface area contributed by atoms with Gasteiger partial charge in [-0.05, 0) is 25.8 Å². The summed E-state index contributed by atoms with van der Waals surface area (Å²) in [6.07, 6.45) is 6.70. The number of hydrogen-bond acceptors (Lipinski definition) is 2. The highest BCUT2D eigenvalue weighted by atomic mass is 15.2. The van der Waals surface area contributed by atoms with Crippen LogP contribution in [-0.2, 0) is 6.54 Å². The molecule has 2 rings (SSSR count). The van der Waals surface area contributed by atoms with E-state index >= 15 is 0 Å². The average Bonchev–Trinajstić information content (AvgIpc) is 2.77. The van der Waals surface area contributed by atoms with E-state index in [-0.39, 0.29) is 5.54 Å². The van der Waals surface area contributed by atoms with Crippen molar-refractivity contribution in [1.82, 2.24) is 10.2 Å². The summed E-state index contributed by atoms with van der Waals surface area (Å²) in [6.45, 7) is 7.39. The molecule has 1 aromatic carbocycles. The first-order valence-corrected chi connectivity index (χ1v) is 6.61. The summed E-state index contributed by atoms with van der Waals surface area (Å²) in [7, 11) is 0. The molecule has 2 nitrogen and oxygen atoms in total. The van der Waals surface area contributed by atoms with Crippen molar-refractivity contribution in [2.75, 3.05) is 13.1 Å². The van der Waals surface area contributed by atoms with Gasteiger partial charge in [-0.2, -0.15) is 0 Å². The molecule has 0 aromatic heterocycles. The Hall–Kier alpha value is -1.30. The van der Waals surface area contributed by atoms with Gasteiger partial charge in [0.2, 0.25) is 0 Å². The molecule has 0 amide bonds. The SMILES string of the molecule is C#CC(C)(C)NC1CCN(Cc2ccccc2)C1. The fraction of sp³-hybridized carbons (Fsp3) is 0.500. The van der Waals surface area contributed by atoms with Crippen molar-refractivity contribution in [3.05, 3.63) is 35.9 Å². The minimum atomic E-state index is -0.201. The maximum absolute atomic E-state index is 5.52. The minimum Gasteiger partial charge on any atom is -0.297 e. The Morgan fingerprint density at radius 3 is 2.78 bits per heavy atom. The maximum Gasteiger partial charge on any atom is 0.0743 e. The van der Waals surface area contributed by atoms with Crippen molar-refractivity contribution in [1.29, 1.82) is 0 Å². The number of likely N-dealkylation sites (tertiary alicyclic amines) is 1. The highest BCUT2D eigenvalue weighted by Crippen LogP contribution is 2.15. The number of terminal acetylenes is 1. The third-order valence-electron chi connectivity index (χ3n) is 3.45. The van der Waals surface area contributed by atoms with Gasteiger partial charge in [0.25, 0.3) is 0 Å². The molecule has 2 heteroatoms. The minimum absolute atomic E-state index is 0.201. The molecule has 1 fully saturated rings. The van der Waals surface area contributed by atoms with Gasteiger partial charge in [0.1, 0.15) is 0 Å². The standard InChI is InChI=1S/C16H22N2/c1-4-16(2,3)17-15-10-11-18(13-15)12-14-8-6-5-7-9-14/h1,5-9,15,17H,10-13H2,2-3H3. The van der Waals surface area contributed by atoms with Crippen LogP contribution in [0.5, 0.6) is 0 Å². The van der Waals surface area contributed by atoms with E-state index in [0.717, 1.165) is 19.6 Å². The van der Waals surface area contributed by atoms with Gasteiger partial charge in [0.15, 0.2) is 0 Å². The normalized spacial score (nSPS) is 20.8. The lowest BCUT2D eigenvalue weighted by molar-refractivity contribution is 0.310. The van der Waals surface area contributed by atoms with E-state index in [1.165, 1.54) is 12.0 Å². The first-order chi connectivity index (χ1) is 8.59. The summed E-state index contributed by atoms with van der Waals surface area (Å²) in [5.74, 6) is 2.80. The number of hydrogen-bond donors (Lipinski definition) is 1. The molecule has 0 radical (unpaired) electrons. The Balaban J connectivity index is 1.84. The molecule has 1 aliphatic heterocycles. The third-order valence-corrected chi connectivity index (χ3v) is 3.45. The fourth-order valence-corrected chi connectivity index (χ4v) is 2.49. The lowest BCUT2D eigenvalue weighted by Crippen LogP contribution is -2.46. The van der Waals surface area contributed by atoms with Gasteiger partial charge in [-0.15, -0.1) is 6.42 Å². The van der Waals surface area contributed by atoms with Crippen molar-refractivity contribution in [3.63, 3.8) is 0 Å². The Kier molecular flexibility index (Phi) is 4.06. The average molecular weight is 242 g/mol. The summed E-state index contributed by atoms with van der Waals surface area (Å²) < 4.78 is 0. The van der Waals surface area contributed by atoms with Crippen LogP contribution < -0.4 is 5.32 Å². The van der Waals surface area contributed by atoms with E-state index in [0.29, 0.717) is 6.04 Å². The summed E-state index contributed by atoms with van der Waals surface area (Å²) in [5.41, 5.74) is 1.18. The highest BCUT2D eigenvalue weighted by molar-refractivity contribution is 5.15. The summed E-state index contributed by atoms with van der Waals surface area (Å²) in [5, 5.41) is 3.54. The second-order valence-corrected chi connectivity index (χ2v) is 5.62. The molecular weight excluding hydrogens is 220 g/mol. The molecule has 1 heterocycles. The number of nitrogens with zero attached hydrogens (tertiary/aromatic N) is 1. The van der Waals surface area contributed by atoms with Gasteiger partial charge < -0.3 is 0 Å². The zero-order chi connectivity index (χ0) is 13.0. The number of rotatable bonds is 4. The van der Waals surface area contributed by atoms with Crippen LogP contribution in [0.1, 0.15) is 25.8 Å². The second-order valence-electron chi connectivity index (χ2n) is 5.62. The van der Waals surface area contributed by atoms with Gasteiger partial charge in [-0.25, -0.2) is 0 Å². The molecule has 1 aliphatic rings. The van der Waals surface area contributed by atoms with Crippen molar-refractivity contribution in [2.24, 2.45) is 0 Å². The van der Waals surface area contributed by atoms with Crippen LogP contribution in [-0.4, -0.2) is 29.6 Å². The molecule has 1 atom stereocenters. The van der Waals surface area contributed by atoms with Crippen LogP contribution in [0.25, 0.3) is 0 Å². The Morgan fingerprint density at radius 1 is 1.39 bits per heavy atom. The van der Waals surface area contributed by atoms with Crippen LogP contribution in [0.3, 0.4) is 0 Å². The molecule has 18 heavy (non-hydrogen) atoms. The predicted octanol–water partition coefficient (Wildman–Crippen LogP) is 2.26. The molecule has 0 saturated carbocycles. The fourth-order valence-electron chi connectivity index (χ4n) is 2.49. The Labute approximate surface area is 110 Å². The van der Waals surface area contributed by atoms with Crippen LogP contribution in [0.15, 0.2) is 30.3 Å². The Morgan fingerprint density at radius 2 is 2.11 bits per heavy atom. The van der Waals surface area contributed by atoms with Gasteiger partial charge in [-0.1, -0.05) is 36.3 Å². The van der Waals surface area contributed by atoms with E-state index in [1.54, 1.807) is 0 Å². The largest absolute Gasteiger partial charge is 0.297 e. The molecule has 0 spiro atoms. The van der Waals surface area contributed by atoms with E-state index in [9.17, 15) is 0 Å². The lowest BCUT2D eigenvalue weighted by atomic mass is 10.1. The highest BCUT2D eigenvalue weighted by Gasteiger charge is 2.26. The maximum atomic E-state index is 5.52. The molecule has 0 bridgehead atoms. The molecule has 0 aliphatic carbocycles. The quantitative estimate of drug-likeness (QED) is 0.815.